The summed E-state index contributed by atoms with van der Waals surface area (Å²) in [4.78, 5) is 16.4. The van der Waals surface area contributed by atoms with Crippen LogP contribution in [-0.4, -0.2) is 24.5 Å². The van der Waals surface area contributed by atoms with E-state index in [1.54, 1.807) is 31.4 Å². The summed E-state index contributed by atoms with van der Waals surface area (Å²) in [5.41, 5.74) is 1.09. The van der Waals surface area contributed by atoms with Crippen molar-refractivity contribution in [3.63, 3.8) is 0 Å². The Balaban J connectivity index is 2.19. The first kappa shape index (κ1) is 15.1. The van der Waals surface area contributed by atoms with Gasteiger partial charge in [0.05, 0.1) is 7.11 Å². The zero-order valence-electron chi connectivity index (χ0n) is 11.8. The lowest BCUT2D eigenvalue weighted by Crippen LogP contribution is -2.13. The van der Waals surface area contributed by atoms with Crippen LogP contribution in [0.4, 0.5) is 11.5 Å². The number of methoxy groups -OCH3 is 1. The van der Waals surface area contributed by atoms with Gasteiger partial charge in [0.1, 0.15) is 16.7 Å². The molecule has 0 aliphatic carbocycles. The van der Waals surface area contributed by atoms with Crippen LogP contribution in [0.2, 0.25) is 5.15 Å². The molecule has 1 amide bonds. The van der Waals surface area contributed by atoms with E-state index in [4.69, 9.17) is 16.3 Å². The average Bonchev–Trinajstić information content (AvgIpc) is 2.47. The van der Waals surface area contributed by atoms with Gasteiger partial charge >= 0.3 is 0 Å². The number of hydrogen-bond acceptors (Lipinski definition) is 4. The predicted octanol–water partition coefficient (Wildman–Crippen LogP) is 3.43. The number of benzene rings is 1. The normalized spacial score (nSPS) is 10.0. The molecule has 2 rings (SSSR count). The van der Waals surface area contributed by atoms with Crippen molar-refractivity contribution in [1.29, 1.82) is 0 Å². The molecule has 1 aromatic carbocycles. The molecule has 21 heavy (non-hydrogen) atoms. The molecule has 0 bridgehead atoms. The first-order chi connectivity index (χ1) is 10.1. The van der Waals surface area contributed by atoms with Crippen LogP contribution in [0.1, 0.15) is 17.3 Å². The maximum Gasteiger partial charge on any atom is 0.255 e. The Hall–Kier alpha value is -2.27. The van der Waals surface area contributed by atoms with E-state index in [-0.39, 0.29) is 11.1 Å². The van der Waals surface area contributed by atoms with Gasteiger partial charge in [0.2, 0.25) is 0 Å². The molecule has 110 valence electrons. The summed E-state index contributed by atoms with van der Waals surface area (Å²) in [6.45, 7) is 2.64. The molecule has 6 heteroatoms. The van der Waals surface area contributed by atoms with E-state index < -0.39 is 0 Å². The number of anilines is 2. The highest BCUT2D eigenvalue weighted by molar-refractivity contribution is 6.30. The molecule has 0 saturated heterocycles. The summed E-state index contributed by atoms with van der Waals surface area (Å²) in [5.74, 6) is 0.987. The molecule has 2 aromatic rings. The minimum Gasteiger partial charge on any atom is -0.497 e. The average molecular weight is 306 g/mol. The van der Waals surface area contributed by atoms with Gasteiger partial charge in [-0.15, -0.1) is 0 Å². The Kier molecular flexibility index (Phi) is 5.00. The van der Waals surface area contributed by atoms with E-state index in [0.717, 1.165) is 0 Å². The van der Waals surface area contributed by atoms with E-state index in [1.165, 1.54) is 6.07 Å². The number of nitrogens with one attached hydrogen (secondary N) is 2. The molecule has 5 nitrogen and oxygen atoms in total. The number of ether oxygens (including phenoxy) is 1. The van der Waals surface area contributed by atoms with E-state index in [9.17, 15) is 4.79 Å². The second-order valence-electron chi connectivity index (χ2n) is 4.28. The number of carbonyl (C=O) groups excluding carboxylic acids is 1. The number of halogens is 1. The van der Waals surface area contributed by atoms with E-state index >= 15 is 0 Å². The minimum absolute atomic E-state index is 0.258. The molecule has 0 saturated carbocycles. The van der Waals surface area contributed by atoms with Gasteiger partial charge in [-0.1, -0.05) is 17.7 Å². The van der Waals surface area contributed by atoms with Gasteiger partial charge in [-0.25, -0.2) is 4.98 Å². The Labute approximate surface area is 128 Å². The van der Waals surface area contributed by atoms with Crippen molar-refractivity contribution < 1.29 is 9.53 Å². The summed E-state index contributed by atoms with van der Waals surface area (Å²) in [7, 11) is 1.58. The largest absolute Gasteiger partial charge is 0.497 e. The Morgan fingerprint density at radius 3 is 2.86 bits per heavy atom. The van der Waals surface area contributed by atoms with Gasteiger partial charge in [0.15, 0.2) is 0 Å². The third kappa shape index (κ3) is 4.10. The van der Waals surface area contributed by atoms with Crippen molar-refractivity contribution >= 4 is 29.0 Å². The third-order valence-electron chi connectivity index (χ3n) is 2.74. The van der Waals surface area contributed by atoms with Crippen molar-refractivity contribution in [2.75, 3.05) is 24.3 Å². The van der Waals surface area contributed by atoms with Gasteiger partial charge in [-0.05, 0) is 31.2 Å². The van der Waals surface area contributed by atoms with Crippen molar-refractivity contribution in [3.05, 3.63) is 47.1 Å². The minimum atomic E-state index is -0.258. The highest BCUT2D eigenvalue weighted by Crippen LogP contribution is 2.19. The fraction of sp³-hybridized carbons (Fsp3) is 0.200. The fourth-order valence-electron chi connectivity index (χ4n) is 1.80. The van der Waals surface area contributed by atoms with E-state index in [0.29, 0.717) is 29.4 Å². The monoisotopic (exact) mass is 305 g/mol. The molecule has 0 unspecified atom stereocenters. The van der Waals surface area contributed by atoms with Crippen molar-refractivity contribution in [2.24, 2.45) is 0 Å². The summed E-state index contributed by atoms with van der Waals surface area (Å²) in [6.07, 6.45) is 0. The lowest BCUT2D eigenvalue weighted by molar-refractivity contribution is 0.102. The summed E-state index contributed by atoms with van der Waals surface area (Å²) >= 11 is 5.93. The second-order valence-corrected chi connectivity index (χ2v) is 4.67. The van der Waals surface area contributed by atoms with Crippen LogP contribution < -0.4 is 15.4 Å². The number of pyridine rings is 1. The van der Waals surface area contributed by atoms with Gasteiger partial charge in [0, 0.05) is 23.9 Å². The van der Waals surface area contributed by atoms with Crippen LogP contribution in [0.25, 0.3) is 0 Å². The summed E-state index contributed by atoms with van der Waals surface area (Å²) in [5, 5.41) is 6.09. The number of amides is 1. The predicted molar refractivity (Wildman–Crippen MR) is 84.4 cm³/mol. The van der Waals surface area contributed by atoms with Gasteiger partial charge in [0.25, 0.3) is 5.91 Å². The number of hydrogen-bond donors (Lipinski definition) is 2. The van der Waals surface area contributed by atoms with Crippen LogP contribution >= 0.6 is 11.6 Å². The Bertz CT molecular complexity index is 647. The molecule has 0 aliphatic rings. The first-order valence-electron chi connectivity index (χ1n) is 6.49. The van der Waals surface area contributed by atoms with Gasteiger partial charge < -0.3 is 15.4 Å². The standard InChI is InChI=1S/C15H16ClN3O2/c1-3-17-14-8-10(7-13(16)19-14)15(20)18-11-5-4-6-12(9-11)21-2/h4-9H,3H2,1-2H3,(H,17,19)(H,18,20). The van der Waals surface area contributed by atoms with Crippen molar-refractivity contribution in [2.45, 2.75) is 6.92 Å². The number of rotatable bonds is 5. The smallest absolute Gasteiger partial charge is 0.255 e. The first-order valence-corrected chi connectivity index (χ1v) is 6.87. The Morgan fingerprint density at radius 2 is 2.14 bits per heavy atom. The molecule has 0 radical (unpaired) electrons. The second kappa shape index (κ2) is 6.95. The molecular formula is C15H16ClN3O2. The maximum atomic E-state index is 12.3. The quantitative estimate of drug-likeness (QED) is 0.831. The fourth-order valence-corrected chi connectivity index (χ4v) is 2.01. The molecule has 0 fully saturated rings. The van der Waals surface area contributed by atoms with Gasteiger partial charge in [-0.3, -0.25) is 4.79 Å². The zero-order valence-corrected chi connectivity index (χ0v) is 12.6. The van der Waals surface area contributed by atoms with Gasteiger partial charge in [-0.2, -0.15) is 0 Å². The number of carbonyl (C=O) groups is 1. The lowest BCUT2D eigenvalue weighted by atomic mass is 10.2. The topological polar surface area (TPSA) is 63.2 Å². The van der Waals surface area contributed by atoms with Crippen molar-refractivity contribution in [3.8, 4) is 5.75 Å². The molecule has 0 aliphatic heterocycles. The highest BCUT2D eigenvalue weighted by Gasteiger charge is 2.10. The van der Waals surface area contributed by atoms with E-state index in [2.05, 4.69) is 15.6 Å². The lowest BCUT2D eigenvalue weighted by Gasteiger charge is -2.09. The maximum absolute atomic E-state index is 12.3. The van der Waals surface area contributed by atoms with Crippen LogP contribution in [0.15, 0.2) is 36.4 Å². The Morgan fingerprint density at radius 1 is 1.33 bits per heavy atom. The van der Waals surface area contributed by atoms with Crippen molar-refractivity contribution in [1.82, 2.24) is 4.98 Å². The van der Waals surface area contributed by atoms with E-state index in [1.807, 2.05) is 13.0 Å². The molecule has 2 N–H and O–H groups in total. The molecule has 0 atom stereocenters. The summed E-state index contributed by atoms with van der Waals surface area (Å²) < 4.78 is 5.12. The number of aromatic nitrogens is 1. The summed E-state index contributed by atoms with van der Waals surface area (Å²) in [6, 6.07) is 10.3. The number of nitrogens with zero attached hydrogens (tertiary/aromatic N) is 1. The van der Waals surface area contributed by atoms with Crippen LogP contribution in [0.3, 0.4) is 0 Å². The molecule has 1 heterocycles. The third-order valence-corrected chi connectivity index (χ3v) is 2.94. The SMILES string of the molecule is CCNc1cc(C(=O)Nc2cccc(OC)c2)cc(Cl)n1. The highest BCUT2D eigenvalue weighted by atomic mass is 35.5. The molecule has 0 spiro atoms. The van der Waals surface area contributed by atoms with Crippen LogP contribution in [-0.2, 0) is 0 Å². The zero-order chi connectivity index (χ0) is 15.2. The molecule has 1 aromatic heterocycles. The van der Waals surface area contributed by atoms with Crippen LogP contribution in [0, 0.1) is 0 Å². The molecular weight excluding hydrogens is 290 g/mol. The van der Waals surface area contributed by atoms with Crippen LogP contribution in [0.5, 0.6) is 5.75 Å².